The molecule has 0 aliphatic carbocycles. The normalized spacial score (nSPS) is 10.2. The molecule has 504 valence electrons. The Morgan fingerprint density at radius 2 is 0.337 bits per heavy atom. The number of carboxylic acids is 4. The van der Waals surface area contributed by atoms with Crippen LogP contribution in [-0.4, -0.2) is 69.7 Å². The average Bonchev–Trinajstić information content (AvgIpc) is 1.41. The summed E-state index contributed by atoms with van der Waals surface area (Å²) in [5, 5.41) is 137. The zero-order chi connectivity index (χ0) is 67.9. The number of halogens is 8. The minimum atomic E-state index is -1.43. The van der Waals surface area contributed by atoms with Gasteiger partial charge in [-0.05, 0) is 142 Å². The van der Waals surface area contributed by atoms with Gasteiger partial charge in [0.1, 0.15) is 46.5 Å². The van der Waals surface area contributed by atoms with Gasteiger partial charge in [-0.2, -0.15) is 0 Å². The van der Waals surface area contributed by atoms with E-state index in [2.05, 4.69) is 0 Å². The molecule has 0 aliphatic rings. The van der Waals surface area contributed by atoms with Crippen molar-refractivity contribution in [2.45, 2.75) is 52.4 Å². The van der Waals surface area contributed by atoms with Gasteiger partial charge in [0.2, 0.25) is 0 Å². The average molecular weight is 1500 g/mol. The Morgan fingerprint density at radius 3 is 0.429 bits per heavy atom. The molecule has 0 atom stereocenters. The van der Waals surface area contributed by atoms with Gasteiger partial charge < -0.3 is 91.4 Å². The van der Waals surface area contributed by atoms with E-state index in [1.807, 2.05) is 0 Å². The smallest absolute Gasteiger partial charge is 2.00 e. The van der Waals surface area contributed by atoms with Crippen molar-refractivity contribution in [2.24, 2.45) is 0 Å². The van der Waals surface area contributed by atoms with Crippen molar-refractivity contribution in [3.8, 4) is 46.0 Å². The van der Waals surface area contributed by atoms with Gasteiger partial charge in [-0.1, -0.05) is 48.5 Å². The summed E-state index contributed by atoms with van der Waals surface area (Å²) in [7, 11) is 0. The zero-order valence-corrected chi connectivity index (χ0v) is 56.7. The number of carboxylic acid groups (broad SMARTS) is 4. The van der Waals surface area contributed by atoms with Crippen molar-refractivity contribution in [2.75, 3.05) is 26.2 Å². The molecule has 0 aliphatic heterocycles. The first kappa shape index (κ1) is 92.2. The van der Waals surface area contributed by atoms with Gasteiger partial charge in [0.25, 0.3) is 0 Å². The maximum atomic E-state index is 13.2. The van der Waals surface area contributed by atoms with E-state index in [9.17, 15) is 116 Å². The molecule has 8 aromatic rings. The van der Waals surface area contributed by atoms with Crippen LogP contribution in [0.25, 0.3) is 0 Å². The van der Waals surface area contributed by atoms with E-state index in [4.69, 9.17) is 0 Å². The number of carbonyl (C=O) groups excluding carboxylic acids is 4. The van der Waals surface area contributed by atoms with E-state index in [0.29, 0.717) is 0 Å². The van der Waals surface area contributed by atoms with Crippen LogP contribution in [0.5, 0.6) is 46.0 Å². The third-order valence-electron chi connectivity index (χ3n) is 12.7. The van der Waals surface area contributed by atoms with Gasteiger partial charge in [-0.15, -0.1) is 46.0 Å². The van der Waals surface area contributed by atoms with Crippen LogP contribution in [0.3, 0.4) is 0 Å². The van der Waals surface area contributed by atoms with Crippen molar-refractivity contribution in [1.29, 1.82) is 0 Å². The molecule has 0 saturated carbocycles. The van der Waals surface area contributed by atoms with Crippen LogP contribution in [0.4, 0.5) is 35.1 Å². The largest absolute Gasteiger partial charge is 4.00 e. The van der Waals surface area contributed by atoms with Crippen LogP contribution >= 0.6 is 0 Å². The second kappa shape index (κ2) is 44.9. The van der Waals surface area contributed by atoms with E-state index < -0.39 is 143 Å². The number of rotatable bonds is 24. The van der Waals surface area contributed by atoms with Crippen LogP contribution < -0.4 is 61.3 Å². The monoisotopic (exact) mass is 1500 g/mol. The maximum Gasteiger partial charge on any atom is 4.00 e. The molecule has 0 spiro atoms. The summed E-state index contributed by atoms with van der Waals surface area (Å²) in [6.07, 6.45) is 0. The number of hydrogen-bond donors (Lipinski definition) is 0. The molecule has 8 rings (SSSR count). The quantitative estimate of drug-likeness (QED) is 0.0528. The molecule has 98 heavy (non-hydrogen) atoms. The fourth-order valence-corrected chi connectivity index (χ4v) is 8.70. The third kappa shape index (κ3) is 32.2. The number of hydrogen-bond acceptors (Lipinski definition) is 20. The van der Waals surface area contributed by atoms with Crippen LogP contribution in [0, 0.1) is 46.5 Å². The van der Waals surface area contributed by atoms with Crippen LogP contribution in [0.15, 0.2) is 146 Å². The van der Waals surface area contributed by atoms with Crippen LogP contribution in [0.1, 0.15) is 44.5 Å². The topological polar surface area (TPSA) is 415 Å². The van der Waals surface area contributed by atoms with Crippen LogP contribution in [0.2, 0.25) is 0 Å². The van der Waals surface area contributed by atoms with E-state index in [0.717, 1.165) is 146 Å². The molecule has 0 unspecified atom stereocenters. The summed E-state index contributed by atoms with van der Waals surface area (Å²) in [4.78, 5) is 48.1. The summed E-state index contributed by atoms with van der Waals surface area (Å²) in [6.45, 7) is -4.03. The minimum Gasteiger partial charge on any atom is -2.00 e. The molecule has 34 heteroatoms. The van der Waals surface area contributed by atoms with Crippen molar-refractivity contribution in [3.63, 3.8) is 0 Å². The Kier molecular flexibility index (Phi) is 42.2. The Morgan fingerprint density at radius 1 is 0.235 bits per heavy atom. The molecule has 0 bridgehead atoms. The van der Waals surface area contributed by atoms with Gasteiger partial charge >= 0.3 is 86.9 Å². The fourth-order valence-electron chi connectivity index (χ4n) is 8.70. The second-order valence-corrected chi connectivity index (χ2v) is 20.1. The molecule has 0 heterocycles. The first-order chi connectivity index (χ1) is 43.4. The summed E-state index contributed by atoms with van der Waals surface area (Å²) in [6, 6.07) is 24.2. The molecule has 0 radical (unpaired) electrons. The molecule has 8 aromatic carbocycles. The predicted molar refractivity (Wildman–Crippen MR) is 285 cm³/mol. The van der Waals surface area contributed by atoms with Crippen molar-refractivity contribution < 1.29 is 213 Å². The maximum absolute atomic E-state index is 13.2. The van der Waals surface area contributed by atoms with E-state index >= 15 is 0 Å². The standard InChI is InChI=1S/4C16H15F2NO4.2O.4Ti/c4*17-12-1-3-14(20)10(5-12)7-19(9-16(22)23)8-11-6-13(18)2-4-15(11)21;;;;;;/h4*1-6,20-21H,7-9H2,(H,22,23);;;;;;/q;;;;2*-2;4*+4/p-12. The zero-order valence-electron chi connectivity index (χ0n) is 50.5. The predicted octanol–water partition coefficient (Wildman–Crippen LogP) is -0.791. The molecule has 0 amide bonds. The molecule has 22 nitrogen and oxygen atoms in total. The fraction of sp³-hybridized carbons (Fsp3) is 0.188. The molecular formula is C64H48F8N4O18Ti4. The van der Waals surface area contributed by atoms with Gasteiger partial charge in [0, 0.05) is 78.5 Å². The van der Waals surface area contributed by atoms with E-state index in [-0.39, 0.29) is 195 Å². The SMILES string of the molecule is O=C([O-])CN(Cc1cc(F)ccc1[O-])Cc1cc(F)ccc1[O-].O=C([O-])CN(Cc1cc(F)ccc1[O-])Cc1cc(F)ccc1[O-].O=C([O-])CN(Cc1cc(F)ccc1[O-])Cc1cc(F)ccc1[O-].O=C([O-])CN(Cc1cc(F)ccc1[O-])Cc1cc(F)ccc1[O-].[O-2].[O-2].[Ti+4].[Ti+4].[Ti+4].[Ti+4]. The van der Waals surface area contributed by atoms with Crippen LogP contribution in [-0.2, 0) is 169 Å². The number of nitrogens with zero attached hydrogens (tertiary/aromatic N) is 4. The first-order valence-electron chi connectivity index (χ1n) is 26.7. The summed E-state index contributed by atoms with van der Waals surface area (Å²) < 4.78 is 106. The molecular weight excluding hydrogens is 1460 g/mol. The second-order valence-electron chi connectivity index (χ2n) is 20.1. The molecule has 0 saturated heterocycles. The number of carbonyl (C=O) groups is 4. The number of benzene rings is 8. The summed E-state index contributed by atoms with van der Waals surface area (Å²) in [5.41, 5.74) is 0.297. The van der Waals surface area contributed by atoms with E-state index in [1.54, 1.807) is 0 Å². The summed E-state index contributed by atoms with van der Waals surface area (Å²) in [5.74, 6) is -14.5. The van der Waals surface area contributed by atoms with Gasteiger partial charge in [0.05, 0.1) is 23.9 Å². The van der Waals surface area contributed by atoms with E-state index in [1.165, 1.54) is 19.6 Å². The van der Waals surface area contributed by atoms with Gasteiger partial charge in [0.15, 0.2) is 0 Å². The number of aliphatic carboxylic acids is 4. The Balaban J connectivity index is 0. The molecule has 0 aromatic heterocycles. The van der Waals surface area contributed by atoms with Gasteiger partial charge in [-0.25, -0.2) is 35.1 Å². The Hall–Kier alpha value is -7.90. The first-order valence-corrected chi connectivity index (χ1v) is 26.7. The third-order valence-corrected chi connectivity index (χ3v) is 12.7. The van der Waals surface area contributed by atoms with Crippen molar-refractivity contribution in [3.05, 3.63) is 237 Å². The Labute approximate surface area is 613 Å². The summed E-state index contributed by atoms with van der Waals surface area (Å²) >= 11 is 0. The Bertz CT molecular complexity index is 3190. The van der Waals surface area contributed by atoms with Gasteiger partial charge in [-0.3, -0.25) is 19.6 Å². The minimum absolute atomic E-state index is 0. The van der Waals surface area contributed by atoms with Crippen molar-refractivity contribution >= 4 is 23.9 Å². The molecule has 0 fully saturated rings. The van der Waals surface area contributed by atoms with Crippen molar-refractivity contribution in [1.82, 2.24) is 19.6 Å². The molecule has 0 N–H and O–H groups in total.